The lowest BCUT2D eigenvalue weighted by Crippen LogP contribution is -2.29. The number of nitrogens with zero attached hydrogens (tertiary/aromatic N) is 3. The van der Waals surface area contributed by atoms with Gasteiger partial charge in [0.15, 0.2) is 0 Å². The summed E-state index contributed by atoms with van der Waals surface area (Å²) in [5.41, 5.74) is 5.60. The highest BCUT2D eigenvalue weighted by atomic mass is 16.6. The second-order valence-electron chi connectivity index (χ2n) is 5.59. The first-order valence-corrected chi connectivity index (χ1v) is 6.83. The minimum absolute atomic E-state index is 0.000302. The standard InChI is InChI=1S/C13H20N4O3/c1-7-4-5-10(6-8(7)2)20-12-11(17(18)19)9(3)15-13(14)16-12/h7-8,10H,4-6H2,1-3H3,(H2,14,15,16). The number of nitrogens with two attached hydrogens (primary N) is 1. The third-order valence-corrected chi connectivity index (χ3v) is 4.05. The zero-order valence-electron chi connectivity index (χ0n) is 12.0. The summed E-state index contributed by atoms with van der Waals surface area (Å²) in [6.07, 6.45) is 2.76. The molecule has 1 aromatic heterocycles. The van der Waals surface area contributed by atoms with Crippen molar-refractivity contribution in [2.45, 2.75) is 46.1 Å². The van der Waals surface area contributed by atoms with Crippen LogP contribution in [-0.2, 0) is 0 Å². The van der Waals surface area contributed by atoms with Crippen LogP contribution in [0.25, 0.3) is 0 Å². The highest BCUT2D eigenvalue weighted by Crippen LogP contribution is 2.34. The second-order valence-corrected chi connectivity index (χ2v) is 5.59. The maximum absolute atomic E-state index is 11.1. The van der Waals surface area contributed by atoms with Gasteiger partial charge in [-0.2, -0.15) is 4.98 Å². The summed E-state index contributed by atoms with van der Waals surface area (Å²) < 4.78 is 5.76. The van der Waals surface area contributed by atoms with Gasteiger partial charge in [0.05, 0.1) is 4.92 Å². The number of hydrogen-bond acceptors (Lipinski definition) is 6. The molecule has 1 heterocycles. The molecule has 1 saturated carbocycles. The number of aryl methyl sites for hydroxylation is 1. The zero-order chi connectivity index (χ0) is 14.9. The van der Waals surface area contributed by atoms with Gasteiger partial charge in [0.1, 0.15) is 11.8 Å². The van der Waals surface area contributed by atoms with E-state index in [1.165, 1.54) is 6.92 Å². The summed E-state index contributed by atoms with van der Waals surface area (Å²) in [7, 11) is 0. The van der Waals surface area contributed by atoms with Crippen molar-refractivity contribution in [1.82, 2.24) is 9.97 Å². The second kappa shape index (κ2) is 5.60. The lowest BCUT2D eigenvalue weighted by atomic mass is 9.80. The van der Waals surface area contributed by atoms with Gasteiger partial charge in [-0.3, -0.25) is 10.1 Å². The van der Waals surface area contributed by atoms with E-state index in [2.05, 4.69) is 23.8 Å². The fourth-order valence-electron chi connectivity index (χ4n) is 2.62. The molecule has 1 aliphatic carbocycles. The van der Waals surface area contributed by atoms with Crippen molar-refractivity contribution in [2.24, 2.45) is 11.8 Å². The first-order chi connectivity index (χ1) is 9.38. The molecule has 7 heteroatoms. The van der Waals surface area contributed by atoms with Gasteiger partial charge in [0, 0.05) is 0 Å². The number of nitro groups is 1. The van der Waals surface area contributed by atoms with Crippen molar-refractivity contribution in [3.63, 3.8) is 0 Å². The van der Waals surface area contributed by atoms with E-state index in [9.17, 15) is 10.1 Å². The monoisotopic (exact) mass is 280 g/mol. The highest BCUT2D eigenvalue weighted by molar-refractivity contribution is 5.47. The number of ether oxygens (including phenoxy) is 1. The summed E-state index contributed by atoms with van der Waals surface area (Å²) >= 11 is 0. The number of hydrogen-bond donors (Lipinski definition) is 1. The van der Waals surface area contributed by atoms with E-state index < -0.39 is 4.92 Å². The van der Waals surface area contributed by atoms with E-state index in [0.29, 0.717) is 11.8 Å². The molecular formula is C13H20N4O3. The lowest BCUT2D eigenvalue weighted by molar-refractivity contribution is -0.387. The van der Waals surface area contributed by atoms with E-state index in [0.717, 1.165) is 19.3 Å². The van der Waals surface area contributed by atoms with E-state index >= 15 is 0 Å². The molecule has 0 saturated heterocycles. The van der Waals surface area contributed by atoms with Crippen LogP contribution >= 0.6 is 0 Å². The largest absolute Gasteiger partial charge is 0.469 e. The molecule has 2 N–H and O–H groups in total. The fourth-order valence-corrected chi connectivity index (χ4v) is 2.62. The lowest BCUT2D eigenvalue weighted by Gasteiger charge is -2.31. The van der Waals surface area contributed by atoms with Crippen LogP contribution in [0.4, 0.5) is 11.6 Å². The van der Waals surface area contributed by atoms with Crippen LogP contribution in [0.2, 0.25) is 0 Å². The van der Waals surface area contributed by atoms with Gasteiger partial charge in [-0.25, -0.2) is 4.98 Å². The normalized spacial score (nSPS) is 26.2. The van der Waals surface area contributed by atoms with Crippen LogP contribution in [-0.4, -0.2) is 21.0 Å². The predicted molar refractivity (Wildman–Crippen MR) is 74.4 cm³/mol. The van der Waals surface area contributed by atoms with Gasteiger partial charge in [-0.15, -0.1) is 0 Å². The van der Waals surface area contributed by atoms with Crippen molar-refractivity contribution in [2.75, 3.05) is 5.73 Å². The van der Waals surface area contributed by atoms with E-state index in [4.69, 9.17) is 10.5 Å². The Morgan fingerprint density at radius 1 is 1.30 bits per heavy atom. The van der Waals surface area contributed by atoms with Crippen LogP contribution in [0.1, 0.15) is 38.8 Å². The third-order valence-electron chi connectivity index (χ3n) is 4.05. The quantitative estimate of drug-likeness (QED) is 0.673. The fraction of sp³-hybridized carbons (Fsp3) is 0.692. The van der Waals surface area contributed by atoms with Crippen LogP contribution in [0.15, 0.2) is 0 Å². The number of aromatic nitrogens is 2. The molecule has 1 fully saturated rings. The molecular weight excluding hydrogens is 260 g/mol. The SMILES string of the molecule is Cc1nc(N)nc(OC2CCC(C)C(C)C2)c1[N+](=O)[O-]. The average Bonchev–Trinajstić information content (AvgIpc) is 2.32. The van der Waals surface area contributed by atoms with Crippen molar-refractivity contribution in [3.8, 4) is 5.88 Å². The molecule has 20 heavy (non-hydrogen) atoms. The Balaban J connectivity index is 2.23. The van der Waals surface area contributed by atoms with Crippen LogP contribution in [0.5, 0.6) is 5.88 Å². The molecule has 1 aliphatic rings. The van der Waals surface area contributed by atoms with Crippen LogP contribution in [0.3, 0.4) is 0 Å². The maximum Gasteiger partial charge on any atom is 0.352 e. The van der Waals surface area contributed by atoms with Gasteiger partial charge in [-0.05, 0) is 38.0 Å². The zero-order valence-corrected chi connectivity index (χ0v) is 12.0. The molecule has 0 aliphatic heterocycles. The minimum atomic E-state index is -0.515. The number of anilines is 1. The van der Waals surface area contributed by atoms with E-state index in [1.54, 1.807) is 0 Å². The number of nitrogen functional groups attached to an aromatic ring is 1. The molecule has 0 bridgehead atoms. The summed E-state index contributed by atoms with van der Waals surface area (Å²) in [5.74, 6) is 1.18. The van der Waals surface area contributed by atoms with Crippen LogP contribution < -0.4 is 10.5 Å². The Morgan fingerprint density at radius 3 is 2.60 bits per heavy atom. The smallest absolute Gasteiger partial charge is 0.352 e. The number of rotatable bonds is 3. The molecule has 3 atom stereocenters. The topological polar surface area (TPSA) is 104 Å². The van der Waals surface area contributed by atoms with Gasteiger partial charge in [0.25, 0.3) is 5.88 Å². The van der Waals surface area contributed by atoms with Crippen molar-refractivity contribution >= 4 is 11.6 Å². The first kappa shape index (κ1) is 14.5. The third kappa shape index (κ3) is 2.97. The predicted octanol–water partition coefficient (Wildman–Crippen LogP) is 2.48. The van der Waals surface area contributed by atoms with Crippen molar-refractivity contribution in [1.29, 1.82) is 0 Å². The average molecular weight is 280 g/mol. The summed E-state index contributed by atoms with van der Waals surface area (Å²) in [5, 5.41) is 11.1. The Morgan fingerprint density at radius 2 is 2.00 bits per heavy atom. The highest BCUT2D eigenvalue weighted by Gasteiger charge is 2.30. The molecule has 0 radical (unpaired) electrons. The molecule has 1 aromatic rings. The molecule has 0 amide bonds. The summed E-state index contributed by atoms with van der Waals surface area (Å²) in [4.78, 5) is 18.3. The Kier molecular flexibility index (Phi) is 4.06. The molecule has 7 nitrogen and oxygen atoms in total. The Bertz CT molecular complexity index is 521. The molecule has 110 valence electrons. The van der Waals surface area contributed by atoms with Gasteiger partial charge < -0.3 is 10.5 Å². The van der Waals surface area contributed by atoms with Gasteiger partial charge >= 0.3 is 5.69 Å². The van der Waals surface area contributed by atoms with Crippen molar-refractivity contribution in [3.05, 3.63) is 15.8 Å². The molecule has 3 unspecified atom stereocenters. The molecule has 2 rings (SSSR count). The van der Waals surface area contributed by atoms with Gasteiger partial charge in [0.2, 0.25) is 5.95 Å². The van der Waals surface area contributed by atoms with Crippen molar-refractivity contribution < 1.29 is 9.66 Å². The minimum Gasteiger partial charge on any atom is -0.469 e. The van der Waals surface area contributed by atoms with E-state index in [1.807, 2.05) is 0 Å². The maximum atomic E-state index is 11.1. The Hall–Kier alpha value is -1.92. The van der Waals surface area contributed by atoms with E-state index in [-0.39, 0.29) is 29.3 Å². The Labute approximate surface area is 117 Å². The summed E-state index contributed by atoms with van der Waals surface area (Å²) in [6.45, 7) is 5.93. The molecule has 0 aromatic carbocycles. The first-order valence-electron chi connectivity index (χ1n) is 6.83. The van der Waals surface area contributed by atoms with Crippen LogP contribution in [0, 0.1) is 28.9 Å². The van der Waals surface area contributed by atoms with Gasteiger partial charge in [-0.1, -0.05) is 13.8 Å². The molecule has 0 spiro atoms. The summed E-state index contributed by atoms with van der Waals surface area (Å²) in [6, 6.07) is 0.